The van der Waals surface area contributed by atoms with Crippen molar-refractivity contribution in [2.24, 2.45) is 0 Å². The second kappa shape index (κ2) is 6.62. The number of fused-ring (bicyclic) bond motifs is 1. The molecule has 3 aromatic rings. The lowest BCUT2D eigenvalue weighted by atomic mass is 10.2. The van der Waals surface area contributed by atoms with E-state index < -0.39 is 0 Å². The summed E-state index contributed by atoms with van der Waals surface area (Å²) in [5.41, 5.74) is 2.10. The highest BCUT2D eigenvalue weighted by atomic mass is 32.1. The van der Waals surface area contributed by atoms with E-state index in [-0.39, 0.29) is 0 Å². The van der Waals surface area contributed by atoms with E-state index in [4.69, 9.17) is 9.47 Å². The van der Waals surface area contributed by atoms with Crippen LogP contribution in [0.3, 0.4) is 0 Å². The Bertz CT molecular complexity index is 775. The van der Waals surface area contributed by atoms with Gasteiger partial charge in [-0.2, -0.15) is 0 Å². The van der Waals surface area contributed by atoms with Crippen LogP contribution in [0.1, 0.15) is 17.5 Å². The van der Waals surface area contributed by atoms with Gasteiger partial charge in [-0.3, -0.25) is 0 Å². The minimum atomic E-state index is 0.443. The Morgan fingerprint density at radius 2 is 2.00 bits per heavy atom. The third kappa shape index (κ3) is 3.12. The summed E-state index contributed by atoms with van der Waals surface area (Å²) in [6, 6.07) is 14.0. The maximum atomic E-state index is 5.88. The van der Waals surface area contributed by atoms with Gasteiger partial charge in [-0.15, -0.1) is 11.3 Å². The van der Waals surface area contributed by atoms with Crippen molar-refractivity contribution < 1.29 is 9.47 Å². The van der Waals surface area contributed by atoms with Crippen LogP contribution in [-0.2, 0) is 6.61 Å². The molecule has 3 rings (SSSR count). The van der Waals surface area contributed by atoms with Gasteiger partial charge in [0.1, 0.15) is 11.6 Å². The van der Waals surface area contributed by atoms with Crippen molar-refractivity contribution >= 4 is 27.6 Å². The van der Waals surface area contributed by atoms with Crippen LogP contribution in [-0.4, -0.2) is 12.1 Å². The van der Waals surface area contributed by atoms with Crippen molar-refractivity contribution in [3.05, 3.63) is 59.1 Å². The summed E-state index contributed by atoms with van der Waals surface area (Å²) in [6.45, 7) is 2.43. The van der Waals surface area contributed by atoms with Gasteiger partial charge in [0.05, 0.1) is 17.3 Å². The van der Waals surface area contributed by atoms with E-state index in [1.165, 1.54) is 4.70 Å². The molecule has 0 N–H and O–H groups in total. The molecule has 3 nitrogen and oxygen atoms in total. The van der Waals surface area contributed by atoms with Gasteiger partial charge in [-0.25, -0.2) is 4.98 Å². The molecular formula is C18H17NO2S. The Kier molecular flexibility index (Phi) is 4.39. The van der Waals surface area contributed by atoms with Crippen LogP contribution in [0.15, 0.2) is 48.5 Å². The van der Waals surface area contributed by atoms with Crippen molar-refractivity contribution in [3.8, 4) is 11.5 Å². The molecule has 0 amide bonds. The second-order valence-corrected chi connectivity index (χ2v) is 5.89. The van der Waals surface area contributed by atoms with Crippen molar-refractivity contribution in [1.29, 1.82) is 0 Å². The average molecular weight is 311 g/mol. The SMILES string of the molecule is CC=Cc1ccc(OCc2nc3ccccc3s2)c(OC)c1. The number of thiazole rings is 1. The summed E-state index contributed by atoms with van der Waals surface area (Å²) >= 11 is 1.65. The van der Waals surface area contributed by atoms with E-state index in [1.54, 1.807) is 18.4 Å². The summed E-state index contributed by atoms with van der Waals surface area (Å²) in [5.74, 6) is 1.46. The van der Waals surface area contributed by atoms with E-state index in [2.05, 4.69) is 11.1 Å². The number of hydrogen-bond acceptors (Lipinski definition) is 4. The van der Waals surface area contributed by atoms with Gasteiger partial charge in [-0.05, 0) is 36.8 Å². The molecule has 1 heterocycles. The Morgan fingerprint density at radius 1 is 1.14 bits per heavy atom. The monoisotopic (exact) mass is 311 g/mol. The number of benzene rings is 2. The number of rotatable bonds is 5. The van der Waals surface area contributed by atoms with Crippen molar-refractivity contribution in [3.63, 3.8) is 0 Å². The maximum absolute atomic E-state index is 5.88. The molecule has 0 aliphatic rings. The molecule has 0 spiro atoms. The first-order valence-electron chi connectivity index (χ1n) is 7.08. The molecule has 0 aliphatic heterocycles. The molecule has 0 fully saturated rings. The summed E-state index contributed by atoms with van der Waals surface area (Å²) in [5, 5.41) is 0.959. The molecule has 1 aromatic heterocycles. The zero-order valence-corrected chi connectivity index (χ0v) is 13.4. The Labute approximate surface area is 133 Å². The van der Waals surface area contributed by atoms with Crippen LogP contribution in [0.4, 0.5) is 0 Å². The molecule has 22 heavy (non-hydrogen) atoms. The molecule has 4 heteroatoms. The lowest BCUT2D eigenvalue weighted by molar-refractivity contribution is 0.284. The molecule has 112 valence electrons. The minimum Gasteiger partial charge on any atom is -0.493 e. The normalized spacial score (nSPS) is 11.2. The Morgan fingerprint density at radius 3 is 2.77 bits per heavy atom. The van der Waals surface area contributed by atoms with Gasteiger partial charge < -0.3 is 9.47 Å². The highest BCUT2D eigenvalue weighted by Crippen LogP contribution is 2.30. The zero-order chi connectivity index (χ0) is 15.4. The smallest absolute Gasteiger partial charge is 0.161 e. The minimum absolute atomic E-state index is 0.443. The van der Waals surface area contributed by atoms with Gasteiger partial charge in [0.25, 0.3) is 0 Å². The number of ether oxygens (including phenoxy) is 2. The molecule has 0 saturated heterocycles. The van der Waals surface area contributed by atoms with E-state index in [1.807, 2.05) is 55.5 Å². The fourth-order valence-electron chi connectivity index (χ4n) is 2.22. The fraction of sp³-hybridized carbons (Fsp3) is 0.167. The predicted molar refractivity (Wildman–Crippen MR) is 91.7 cm³/mol. The molecule has 0 unspecified atom stereocenters. The topological polar surface area (TPSA) is 31.4 Å². The molecule has 0 bridgehead atoms. The van der Waals surface area contributed by atoms with Gasteiger partial charge in [-0.1, -0.05) is 30.4 Å². The van der Waals surface area contributed by atoms with Gasteiger partial charge >= 0.3 is 0 Å². The second-order valence-electron chi connectivity index (χ2n) is 4.77. The van der Waals surface area contributed by atoms with E-state index in [0.29, 0.717) is 6.61 Å². The van der Waals surface area contributed by atoms with Crippen molar-refractivity contribution in [2.75, 3.05) is 7.11 Å². The molecule has 0 atom stereocenters. The first-order valence-corrected chi connectivity index (χ1v) is 7.90. The maximum Gasteiger partial charge on any atom is 0.161 e. The summed E-state index contributed by atoms with van der Waals surface area (Å²) in [6.07, 6.45) is 4.02. The largest absolute Gasteiger partial charge is 0.493 e. The fourth-order valence-corrected chi connectivity index (χ4v) is 3.10. The highest BCUT2D eigenvalue weighted by molar-refractivity contribution is 7.18. The van der Waals surface area contributed by atoms with Crippen LogP contribution in [0.5, 0.6) is 11.5 Å². The third-order valence-electron chi connectivity index (χ3n) is 3.24. The molecule has 0 radical (unpaired) electrons. The lowest BCUT2D eigenvalue weighted by Crippen LogP contribution is -1.97. The molecule has 0 saturated carbocycles. The number of aromatic nitrogens is 1. The van der Waals surface area contributed by atoms with Gasteiger partial charge in [0.15, 0.2) is 11.5 Å². The Hall–Kier alpha value is -2.33. The van der Waals surface area contributed by atoms with Gasteiger partial charge in [0.2, 0.25) is 0 Å². The quantitative estimate of drug-likeness (QED) is 0.670. The predicted octanol–water partition coefficient (Wildman–Crippen LogP) is 4.92. The average Bonchev–Trinajstić information content (AvgIpc) is 2.96. The highest BCUT2D eigenvalue weighted by Gasteiger charge is 2.08. The van der Waals surface area contributed by atoms with Crippen LogP contribution >= 0.6 is 11.3 Å². The zero-order valence-electron chi connectivity index (χ0n) is 12.6. The molecular weight excluding hydrogens is 294 g/mol. The molecule has 0 aliphatic carbocycles. The van der Waals surface area contributed by atoms with E-state index in [9.17, 15) is 0 Å². The summed E-state index contributed by atoms with van der Waals surface area (Å²) in [7, 11) is 1.65. The summed E-state index contributed by atoms with van der Waals surface area (Å²) < 4.78 is 12.5. The van der Waals surface area contributed by atoms with Gasteiger partial charge in [0, 0.05) is 0 Å². The first kappa shape index (κ1) is 14.6. The van der Waals surface area contributed by atoms with Crippen molar-refractivity contribution in [1.82, 2.24) is 4.98 Å². The number of methoxy groups -OCH3 is 1. The van der Waals surface area contributed by atoms with Crippen LogP contribution in [0.2, 0.25) is 0 Å². The van der Waals surface area contributed by atoms with Crippen LogP contribution in [0.25, 0.3) is 16.3 Å². The summed E-state index contributed by atoms with van der Waals surface area (Å²) in [4.78, 5) is 4.57. The number of nitrogens with zero attached hydrogens (tertiary/aromatic N) is 1. The number of allylic oxidation sites excluding steroid dienone is 1. The van der Waals surface area contributed by atoms with E-state index in [0.717, 1.165) is 27.6 Å². The lowest BCUT2D eigenvalue weighted by Gasteiger charge is -2.10. The number of hydrogen-bond donors (Lipinski definition) is 0. The van der Waals surface area contributed by atoms with E-state index >= 15 is 0 Å². The Balaban J connectivity index is 1.78. The van der Waals surface area contributed by atoms with Crippen LogP contribution in [0, 0.1) is 0 Å². The third-order valence-corrected chi connectivity index (χ3v) is 4.25. The number of para-hydroxylation sites is 1. The van der Waals surface area contributed by atoms with Crippen LogP contribution < -0.4 is 9.47 Å². The first-order chi connectivity index (χ1) is 10.8. The van der Waals surface area contributed by atoms with Crippen molar-refractivity contribution in [2.45, 2.75) is 13.5 Å². The molecule has 2 aromatic carbocycles. The standard InChI is InChI=1S/C18H17NO2S/c1-3-6-13-9-10-15(16(11-13)20-2)21-12-18-19-14-7-4-5-8-17(14)22-18/h3-11H,12H2,1-2H3.